The zero-order valence-corrected chi connectivity index (χ0v) is 16.6. The molecule has 0 radical (unpaired) electrons. The molecule has 1 aliphatic heterocycles. The quantitative estimate of drug-likeness (QED) is 0.490. The van der Waals surface area contributed by atoms with Crippen molar-refractivity contribution in [3.05, 3.63) is 60.1 Å². The molecular formula is C22H23N3O2S. The molecule has 0 fully saturated rings. The Morgan fingerprint density at radius 2 is 2.21 bits per heavy atom. The molecule has 28 heavy (non-hydrogen) atoms. The molecule has 0 atom stereocenters. The third-order valence-corrected chi connectivity index (χ3v) is 5.64. The Hall–Kier alpha value is -2.99. The Morgan fingerprint density at radius 1 is 1.32 bits per heavy atom. The van der Waals surface area contributed by atoms with Crippen molar-refractivity contribution in [3.8, 4) is 21.9 Å². The minimum Gasteiger partial charge on any atom is -0.454 e. The van der Waals surface area contributed by atoms with Gasteiger partial charge in [-0.05, 0) is 55.2 Å². The Morgan fingerprint density at radius 3 is 3.07 bits per heavy atom. The van der Waals surface area contributed by atoms with Gasteiger partial charge in [0.15, 0.2) is 16.6 Å². The van der Waals surface area contributed by atoms with Crippen LogP contribution >= 0.6 is 11.3 Å². The fourth-order valence-corrected chi connectivity index (χ4v) is 4.08. The van der Waals surface area contributed by atoms with Gasteiger partial charge in [0.2, 0.25) is 6.79 Å². The maximum atomic E-state index is 5.46. The summed E-state index contributed by atoms with van der Waals surface area (Å²) >= 11 is 1.65. The first kappa shape index (κ1) is 18.4. The molecule has 3 aromatic rings. The zero-order chi connectivity index (χ0) is 19.3. The number of thiazole rings is 1. The van der Waals surface area contributed by atoms with Crippen LogP contribution in [0.1, 0.15) is 30.2 Å². The van der Waals surface area contributed by atoms with Crippen molar-refractivity contribution in [2.75, 3.05) is 18.7 Å². The number of fused-ring (bicyclic) bond motifs is 1. The van der Waals surface area contributed by atoms with Gasteiger partial charge in [-0.2, -0.15) is 0 Å². The second-order valence-electron chi connectivity index (χ2n) is 6.47. The summed E-state index contributed by atoms with van der Waals surface area (Å²) < 4.78 is 10.8. The van der Waals surface area contributed by atoms with Gasteiger partial charge in [-0.1, -0.05) is 30.1 Å². The molecule has 3 heterocycles. The van der Waals surface area contributed by atoms with E-state index in [-0.39, 0.29) is 0 Å². The highest BCUT2D eigenvalue weighted by molar-refractivity contribution is 7.18. The number of nitrogens with zero attached hydrogens (tertiary/aromatic N) is 1. The summed E-state index contributed by atoms with van der Waals surface area (Å²) in [6, 6.07) is 5.99. The van der Waals surface area contributed by atoms with Crippen LogP contribution in [0.25, 0.3) is 22.6 Å². The van der Waals surface area contributed by atoms with Crippen LogP contribution in [0.4, 0.5) is 5.13 Å². The van der Waals surface area contributed by atoms with E-state index in [1.807, 2.05) is 37.4 Å². The largest absolute Gasteiger partial charge is 0.454 e. The average Bonchev–Trinajstić information content (AvgIpc) is 3.45. The number of aromatic nitrogens is 2. The van der Waals surface area contributed by atoms with Gasteiger partial charge in [0, 0.05) is 30.2 Å². The number of hydrogen-bond donors (Lipinski definition) is 2. The summed E-state index contributed by atoms with van der Waals surface area (Å²) in [5.41, 5.74) is 4.72. The lowest BCUT2D eigenvalue weighted by molar-refractivity contribution is 0.174. The molecule has 2 aromatic heterocycles. The topological polar surface area (TPSA) is 59.2 Å². The lowest BCUT2D eigenvalue weighted by Gasteiger charge is -2.03. The summed E-state index contributed by atoms with van der Waals surface area (Å²) in [6.45, 7) is 7.07. The number of hydrogen-bond acceptors (Lipinski definition) is 5. The van der Waals surface area contributed by atoms with Gasteiger partial charge in [-0.15, -0.1) is 0 Å². The number of benzene rings is 1. The molecule has 0 spiro atoms. The van der Waals surface area contributed by atoms with Crippen molar-refractivity contribution in [3.63, 3.8) is 0 Å². The van der Waals surface area contributed by atoms with Crippen molar-refractivity contribution in [2.24, 2.45) is 0 Å². The van der Waals surface area contributed by atoms with Gasteiger partial charge in [0.1, 0.15) is 0 Å². The summed E-state index contributed by atoms with van der Waals surface area (Å²) in [7, 11) is 0. The van der Waals surface area contributed by atoms with Crippen LogP contribution in [0.5, 0.6) is 11.5 Å². The van der Waals surface area contributed by atoms with Crippen molar-refractivity contribution >= 4 is 28.6 Å². The molecule has 1 aliphatic rings. The zero-order valence-electron chi connectivity index (χ0n) is 15.8. The van der Waals surface area contributed by atoms with E-state index in [2.05, 4.69) is 40.2 Å². The minimum atomic E-state index is 0.291. The number of allylic oxidation sites excluding steroid dienone is 1. The van der Waals surface area contributed by atoms with Crippen LogP contribution in [0.3, 0.4) is 0 Å². The second kappa shape index (κ2) is 8.35. The Balaban J connectivity index is 1.33. The highest BCUT2D eigenvalue weighted by atomic mass is 32.1. The van der Waals surface area contributed by atoms with E-state index in [0.717, 1.165) is 52.2 Å². The monoisotopic (exact) mass is 393 g/mol. The third-order valence-electron chi connectivity index (χ3n) is 4.64. The predicted octanol–water partition coefficient (Wildman–Crippen LogP) is 5.59. The van der Waals surface area contributed by atoms with Crippen LogP contribution < -0.4 is 14.8 Å². The third kappa shape index (κ3) is 3.82. The fourth-order valence-electron chi connectivity index (χ4n) is 3.25. The van der Waals surface area contributed by atoms with Crippen LogP contribution in [-0.2, 0) is 6.42 Å². The first-order chi connectivity index (χ1) is 13.8. The van der Waals surface area contributed by atoms with Gasteiger partial charge < -0.3 is 19.8 Å². The molecule has 2 N–H and O–H groups in total. The summed E-state index contributed by atoms with van der Waals surface area (Å²) in [4.78, 5) is 8.90. The number of anilines is 1. The van der Waals surface area contributed by atoms with Gasteiger partial charge >= 0.3 is 0 Å². The maximum Gasteiger partial charge on any atom is 0.231 e. The van der Waals surface area contributed by atoms with E-state index in [9.17, 15) is 0 Å². The lowest BCUT2D eigenvalue weighted by atomic mass is 10.1. The van der Waals surface area contributed by atoms with Crippen LogP contribution in [-0.4, -0.2) is 23.3 Å². The first-order valence-corrected chi connectivity index (χ1v) is 10.1. The summed E-state index contributed by atoms with van der Waals surface area (Å²) in [5.74, 6) is 1.59. The second-order valence-corrected chi connectivity index (χ2v) is 7.50. The number of aryl methyl sites for hydroxylation is 1. The SMILES string of the molecule is C=Cc1[nH]cc(CCCNc2ncc(-c3ccc4c(c3)OCO4)s2)c1/C=C\C. The van der Waals surface area contributed by atoms with Gasteiger partial charge in [0.05, 0.1) is 4.88 Å². The van der Waals surface area contributed by atoms with E-state index in [0.29, 0.717) is 6.79 Å². The molecule has 0 aliphatic carbocycles. The minimum absolute atomic E-state index is 0.291. The number of ether oxygens (including phenoxy) is 2. The Kier molecular flexibility index (Phi) is 5.48. The first-order valence-electron chi connectivity index (χ1n) is 9.33. The molecule has 0 saturated carbocycles. The summed E-state index contributed by atoms with van der Waals surface area (Å²) in [6.07, 6.45) is 12.1. The molecule has 6 heteroatoms. The van der Waals surface area contributed by atoms with E-state index in [4.69, 9.17) is 9.47 Å². The van der Waals surface area contributed by atoms with Gasteiger partial charge in [-0.3, -0.25) is 0 Å². The molecule has 0 bridgehead atoms. The highest BCUT2D eigenvalue weighted by Crippen LogP contribution is 2.38. The number of aromatic amines is 1. The smallest absolute Gasteiger partial charge is 0.231 e. The molecule has 5 nitrogen and oxygen atoms in total. The molecule has 144 valence electrons. The molecule has 0 amide bonds. The molecular weight excluding hydrogens is 370 g/mol. The van der Waals surface area contributed by atoms with Crippen LogP contribution in [0.15, 0.2) is 43.2 Å². The normalized spacial score (nSPS) is 12.6. The van der Waals surface area contributed by atoms with Gasteiger partial charge in [-0.25, -0.2) is 4.98 Å². The highest BCUT2D eigenvalue weighted by Gasteiger charge is 2.15. The van der Waals surface area contributed by atoms with E-state index in [1.54, 1.807) is 11.3 Å². The van der Waals surface area contributed by atoms with E-state index >= 15 is 0 Å². The van der Waals surface area contributed by atoms with Crippen molar-refractivity contribution < 1.29 is 9.47 Å². The maximum absolute atomic E-state index is 5.46. The van der Waals surface area contributed by atoms with Crippen LogP contribution in [0.2, 0.25) is 0 Å². The fraction of sp³-hybridized carbons (Fsp3) is 0.227. The molecule has 4 rings (SSSR count). The lowest BCUT2D eigenvalue weighted by Crippen LogP contribution is -2.02. The average molecular weight is 394 g/mol. The van der Waals surface area contributed by atoms with E-state index in [1.165, 1.54) is 11.1 Å². The van der Waals surface area contributed by atoms with Crippen molar-refractivity contribution in [1.82, 2.24) is 9.97 Å². The van der Waals surface area contributed by atoms with E-state index < -0.39 is 0 Å². The predicted molar refractivity (Wildman–Crippen MR) is 116 cm³/mol. The molecule has 0 saturated heterocycles. The van der Waals surface area contributed by atoms with Crippen molar-refractivity contribution in [2.45, 2.75) is 19.8 Å². The van der Waals surface area contributed by atoms with Crippen LogP contribution in [0, 0.1) is 0 Å². The Labute approximate surface area is 168 Å². The number of rotatable bonds is 8. The van der Waals surface area contributed by atoms with Crippen molar-refractivity contribution in [1.29, 1.82) is 0 Å². The number of nitrogens with one attached hydrogen (secondary N) is 2. The summed E-state index contributed by atoms with van der Waals surface area (Å²) in [5, 5.41) is 4.37. The number of H-pyrrole nitrogens is 1. The molecule has 0 unspecified atom stereocenters. The standard InChI is InChI=1S/C22H23N3O2S/c1-3-6-17-16(12-24-18(17)4-2)7-5-10-23-22-25-13-21(28-22)15-8-9-19-20(11-15)27-14-26-19/h3-4,6,8-9,11-13,24H,2,5,7,10,14H2,1H3,(H,23,25)/b6-3-. The van der Waals surface area contributed by atoms with Gasteiger partial charge in [0.25, 0.3) is 0 Å². The Bertz CT molecular complexity index is 1000. The molecule has 1 aromatic carbocycles.